The molecule has 94 valence electrons. The SMILES string of the molecule is CCC1CC(CC)OC(c2ccccc2O)O1. The molecule has 0 saturated carbocycles. The summed E-state index contributed by atoms with van der Waals surface area (Å²) in [6.07, 6.45) is 2.90. The van der Waals surface area contributed by atoms with E-state index < -0.39 is 6.29 Å². The van der Waals surface area contributed by atoms with Crippen LogP contribution >= 0.6 is 0 Å². The molecule has 1 aromatic carbocycles. The van der Waals surface area contributed by atoms with Gasteiger partial charge in [0.15, 0.2) is 6.29 Å². The number of phenolic OH excluding ortho intramolecular Hbond substituents is 1. The highest BCUT2D eigenvalue weighted by Gasteiger charge is 2.30. The minimum absolute atomic E-state index is 0.221. The van der Waals surface area contributed by atoms with Crippen LogP contribution in [0.1, 0.15) is 45.0 Å². The van der Waals surface area contributed by atoms with Crippen molar-refractivity contribution < 1.29 is 14.6 Å². The zero-order valence-corrected chi connectivity index (χ0v) is 10.4. The number of hydrogen-bond donors (Lipinski definition) is 1. The Labute approximate surface area is 102 Å². The number of rotatable bonds is 3. The van der Waals surface area contributed by atoms with E-state index in [2.05, 4.69) is 13.8 Å². The average Bonchev–Trinajstić information content (AvgIpc) is 2.38. The van der Waals surface area contributed by atoms with Gasteiger partial charge in [0.1, 0.15) is 5.75 Å². The normalized spacial score (nSPS) is 29.2. The van der Waals surface area contributed by atoms with Crippen LogP contribution in [0.25, 0.3) is 0 Å². The molecule has 0 amide bonds. The smallest absolute Gasteiger partial charge is 0.188 e. The van der Waals surface area contributed by atoms with Crippen molar-refractivity contribution in [1.29, 1.82) is 0 Å². The molecule has 0 aromatic heterocycles. The van der Waals surface area contributed by atoms with Crippen LogP contribution < -0.4 is 0 Å². The third-order valence-corrected chi connectivity index (χ3v) is 3.26. The van der Waals surface area contributed by atoms with E-state index in [1.807, 2.05) is 12.1 Å². The minimum atomic E-state index is -0.431. The number of aromatic hydroxyl groups is 1. The van der Waals surface area contributed by atoms with Crippen molar-refractivity contribution in [2.45, 2.75) is 51.6 Å². The van der Waals surface area contributed by atoms with Gasteiger partial charge in [-0.1, -0.05) is 32.0 Å². The Kier molecular flexibility index (Phi) is 4.02. The van der Waals surface area contributed by atoms with Gasteiger partial charge in [-0.25, -0.2) is 0 Å². The van der Waals surface area contributed by atoms with Gasteiger partial charge in [0, 0.05) is 12.0 Å². The molecule has 1 heterocycles. The summed E-state index contributed by atoms with van der Waals surface area (Å²) >= 11 is 0. The van der Waals surface area contributed by atoms with Crippen LogP contribution in [-0.2, 0) is 9.47 Å². The first kappa shape index (κ1) is 12.4. The second kappa shape index (κ2) is 5.52. The first-order valence-corrected chi connectivity index (χ1v) is 6.33. The van der Waals surface area contributed by atoms with E-state index in [9.17, 15) is 5.11 Å². The first-order chi connectivity index (χ1) is 8.24. The van der Waals surface area contributed by atoms with Gasteiger partial charge >= 0.3 is 0 Å². The van der Waals surface area contributed by atoms with E-state index in [-0.39, 0.29) is 18.0 Å². The van der Waals surface area contributed by atoms with Crippen molar-refractivity contribution in [3.8, 4) is 5.75 Å². The lowest BCUT2D eigenvalue weighted by Crippen LogP contribution is -2.33. The maximum absolute atomic E-state index is 9.82. The predicted molar refractivity (Wildman–Crippen MR) is 65.8 cm³/mol. The van der Waals surface area contributed by atoms with Crippen molar-refractivity contribution in [3.05, 3.63) is 29.8 Å². The summed E-state index contributed by atoms with van der Waals surface area (Å²) in [6.45, 7) is 4.23. The zero-order valence-electron chi connectivity index (χ0n) is 10.4. The fourth-order valence-corrected chi connectivity index (χ4v) is 2.15. The van der Waals surface area contributed by atoms with Gasteiger partial charge in [0.2, 0.25) is 0 Å². The maximum Gasteiger partial charge on any atom is 0.188 e. The quantitative estimate of drug-likeness (QED) is 0.874. The lowest BCUT2D eigenvalue weighted by Gasteiger charge is -2.35. The summed E-state index contributed by atoms with van der Waals surface area (Å²) in [4.78, 5) is 0. The molecule has 0 radical (unpaired) electrons. The number of phenols is 1. The van der Waals surface area contributed by atoms with E-state index in [1.165, 1.54) is 0 Å². The molecule has 2 atom stereocenters. The highest BCUT2D eigenvalue weighted by atomic mass is 16.7. The second-order valence-corrected chi connectivity index (χ2v) is 4.46. The van der Waals surface area contributed by atoms with Crippen molar-refractivity contribution in [1.82, 2.24) is 0 Å². The van der Waals surface area contributed by atoms with Crippen LogP contribution in [0.4, 0.5) is 0 Å². The van der Waals surface area contributed by atoms with E-state index in [4.69, 9.17) is 9.47 Å². The minimum Gasteiger partial charge on any atom is -0.507 e. The first-order valence-electron chi connectivity index (χ1n) is 6.33. The average molecular weight is 236 g/mol. The fourth-order valence-electron chi connectivity index (χ4n) is 2.15. The summed E-state index contributed by atoms with van der Waals surface area (Å²) in [7, 11) is 0. The van der Waals surface area contributed by atoms with E-state index in [0.29, 0.717) is 0 Å². The Morgan fingerprint density at radius 3 is 2.24 bits per heavy atom. The third kappa shape index (κ3) is 2.79. The molecule has 3 nitrogen and oxygen atoms in total. The molecule has 1 aliphatic rings. The molecular weight excluding hydrogens is 216 g/mol. The molecule has 0 bridgehead atoms. The van der Waals surface area contributed by atoms with Crippen LogP contribution in [0.3, 0.4) is 0 Å². The maximum atomic E-state index is 9.82. The Morgan fingerprint density at radius 2 is 1.71 bits per heavy atom. The largest absolute Gasteiger partial charge is 0.507 e. The number of benzene rings is 1. The molecule has 1 fully saturated rings. The monoisotopic (exact) mass is 236 g/mol. The summed E-state index contributed by atoms with van der Waals surface area (Å²) < 4.78 is 11.7. The van der Waals surface area contributed by atoms with Crippen molar-refractivity contribution in [2.75, 3.05) is 0 Å². The standard InChI is InChI=1S/C14H20O3/c1-3-10-9-11(4-2)17-14(16-10)12-7-5-6-8-13(12)15/h5-8,10-11,14-15H,3-4,9H2,1-2H3. The van der Waals surface area contributed by atoms with E-state index >= 15 is 0 Å². The third-order valence-electron chi connectivity index (χ3n) is 3.26. The van der Waals surface area contributed by atoms with Crippen LogP contribution in [0.2, 0.25) is 0 Å². The molecule has 1 saturated heterocycles. The van der Waals surface area contributed by atoms with Gasteiger partial charge in [-0.2, -0.15) is 0 Å². The number of ether oxygens (including phenoxy) is 2. The molecule has 2 rings (SSSR count). The molecular formula is C14H20O3. The van der Waals surface area contributed by atoms with E-state index in [0.717, 1.165) is 24.8 Å². The summed E-state index contributed by atoms with van der Waals surface area (Å²) in [5, 5.41) is 9.82. The van der Waals surface area contributed by atoms with Crippen molar-refractivity contribution in [3.63, 3.8) is 0 Å². The van der Waals surface area contributed by atoms with Crippen LogP contribution in [0.5, 0.6) is 5.75 Å². The molecule has 0 aliphatic carbocycles. The number of para-hydroxylation sites is 1. The van der Waals surface area contributed by atoms with Crippen LogP contribution in [-0.4, -0.2) is 17.3 Å². The Bertz CT molecular complexity index is 352. The zero-order chi connectivity index (χ0) is 12.3. The summed E-state index contributed by atoms with van der Waals surface area (Å²) in [5.74, 6) is 0.240. The van der Waals surface area contributed by atoms with Gasteiger partial charge in [0.05, 0.1) is 12.2 Å². The van der Waals surface area contributed by atoms with Gasteiger partial charge in [-0.05, 0) is 18.9 Å². The van der Waals surface area contributed by atoms with Crippen LogP contribution in [0.15, 0.2) is 24.3 Å². The predicted octanol–water partition coefficient (Wildman–Crippen LogP) is 3.38. The lowest BCUT2D eigenvalue weighted by atomic mass is 10.0. The highest BCUT2D eigenvalue weighted by molar-refractivity contribution is 5.32. The Morgan fingerprint density at radius 1 is 1.12 bits per heavy atom. The van der Waals surface area contributed by atoms with Crippen LogP contribution in [0, 0.1) is 0 Å². The fraction of sp³-hybridized carbons (Fsp3) is 0.571. The van der Waals surface area contributed by atoms with Crippen molar-refractivity contribution >= 4 is 0 Å². The van der Waals surface area contributed by atoms with Gasteiger partial charge in [0.25, 0.3) is 0 Å². The van der Waals surface area contributed by atoms with Gasteiger partial charge in [-0.3, -0.25) is 0 Å². The molecule has 3 heteroatoms. The molecule has 1 aliphatic heterocycles. The molecule has 0 spiro atoms. The molecule has 2 unspecified atom stereocenters. The summed E-state index contributed by atoms with van der Waals surface area (Å²) in [6, 6.07) is 7.21. The Balaban J connectivity index is 2.17. The highest BCUT2D eigenvalue weighted by Crippen LogP contribution is 2.35. The lowest BCUT2D eigenvalue weighted by molar-refractivity contribution is -0.248. The molecule has 1 N–H and O–H groups in total. The van der Waals surface area contributed by atoms with Crippen molar-refractivity contribution in [2.24, 2.45) is 0 Å². The topological polar surface area (TPSA) is 38.7 Å². The molecule has 17 heavy (non-hydrogen) atoms. The second-order valence-electron chi connectivity index (χ2n) is 4.46. The Hall–Kier alpha value is -1.06. The van der Waals surface area contributed by atoms with E-state index in [1.54, 1.807) is 12.1 Å². The number of hydrogen-bond acceptors (Lipinski definition) is 3. The summed E-state index contributed by atoms with van der Waals surface area (Å²) in [5.41, 5.74) is 0.726. The van der Waals surface area contributed by atoms with Gasteiger partial charge < -0.3 is 14.6 Å². The van der Waals surface area contributed by atoms with Gasteiger partial charge in [-0.15, -0.1) is 0 Å². The molecule has 1 aromatic rings.